The number of nitrogens with one attached hydrogen (secondary N) is 3. The lowest BCUT2D eigenvalue weighted by atomic mass is 10.2. The molecular weight excluding hydrogens is 264 g/mol. The summed E-state index contributed by atoms with van der Waals surface area (Å²) in [5.41, 5.74) is 2.78. The van der Waals surface area contributed by atoms with Gasteiger partial charge in [0.15, 0.2) is 0 Å². The van der Waals surface area contributed by atoms with Crippen molar-refractivity contribution < 1.29 is 0 Å². The number of rotatable bonds is 3. The maximum atomic E-state index is 4.30. The van der Waals surface area contributed by atoms with Gasteiger partial charge in [0.1, 0.15) is 23.6 Å². The van der Waals surface area contributed by atoms with Crippen LogP contribution in [0.1, 0.15) is 0 Å². The topological polar surface area (TPSA) is 82.3 Å². The van der Waals surface area contributed by atoms with Crippen LogP contribution in [0.25, 0.3) is 22.4 Å². The Morgan fingerprint density at radius 3 is 2.86 bits per heavy atom. The Morgan fingerprint density at radius 1 is 0.952 bits per heavy atom. The Hall–Kier alpha value is -3.15. The highest BCUT2D eigenvalue weighted by molar-refractivity contribution is 5.88. The zero-order valence-corrected chi connectivity index (χ0v) is 11.0. The zero-order valence-electron chi connectivity index (χ0n) is 11.0. The lowest BCUT2D eigenvalue weighted by Crippen LogP contribution is -1.95. The number of H-pyrrole nitrogens is 2. The highest BCUT2D eigenvalue weighted by Crippen LogP contribution is 2.24. The van der Waals surface area contributed by atoms with E-state index in [4.69, 9.17) is 0 Å². The van der Waals surface area contributed by atoms with Gasteiger partial charge >= 0.3 is 0 Å². The van der Waals surface area contributed by atoms with Gasteiger partial charge in [-0.15, -0.1) is 0 Å². The molecule has 0 fully saturated rings. The van der Waals surface area contributed by atoms with E-state index in [-0.39, 0.29) is 0 Å². The number of aromatic amines is 2. The Morgan fingerprint density at radius 2 is 1.95 bits per heavy atom. The maximum Gasteiger partial charge on any atom is 0.143 e. The standard InChI is InChI=1S/C15H12N6/c1-2-10(13-17-6-7-18-13)8-11(3-1)21-15-12-4-5-16-14(12)19-9-20-15/h1-9H,(H,17,18)(H2,16,19,20,21). The van der Waals surface area contributed by atoms with Gasteiger partial charge in [-0.1, -0.05) is 12.1 Å². The molecule has 0 atom stereocenters. The first-order valence-electron chi connectivity index (χ1n) is 6.55. The summed E-state index contributed by atoms with van der Waals surface area (Å²) in [4.78, 5) is 18.9. The average Bonchev–Trinajstić information content (AvgIpc) is 3.20. The summed E-state index contributed by atoms with van der Waals surface area (Å²) in [6.07, 6.45) is 6.94. The predicted molar refractivity (Wildman–Crippen MR) is 81.2 cm³/mol. The van der Waals surface area contributed by atoms with Crippen LogP contribution >= 0.6 is 0 Å². The summed E-state index contributed by atoms with van der Waals surface area (Å²) in [5, 5.41) is 4.28. The van der Waals surface area contributed by atoms with Gasteiger partial charge in [0.2, 0.25) is 0 Å². The van der Waals surface area contributed by atoms with Crippen LogP contribution < -0.4 is 5.32 Å². The van der Waals surface area contributed by atoms with Crippen LogP contribution in [0.3, 0.4) is 0 Å². The van der Waals surface area contributed by atoms with E-state index in [1.165, 1.54) is 6.33 Å². The third kappa shape index (κ3) is 2.12. The Bertz CT molecular complexity index is 878. The van der Waals surface area contributed by atoms with Crippen LogP contribution in [0.4, 0.5) is 11.5 Å². The molecule has 6 nitrogen and oxygen atoms in total. The van der Waals surface area contributed by atoms with Crippen LogP contribution in [0.15, 0.2) is 55.2 Å². The first-order chi connectivity index (χ1) is 10.4. The minimum atomic E-state index is 0.776. The number of aromatic nitrogens is 5. The van der Waals surface area contributed by atoms with Crippen molar-refractivity contribution in [3.8, 4) is 11.4 Å². The second-order valence-corrected chi connectivity index (χ2v) is 4.61. The monoisotopic (exact) mass is 276 g/mol. The smallest absolute Gasteiger partial charge is 0.143 e. The largest absolute Gasteiger partial charge is 0.346 e. The normalized spacial score (nSPS) is 10.9. The second-order valence-electron chi connectivity index (χ2n) is 4.61. The molecule has 0 radical (unpaired) electrons. The summed E-state index contributed by atoms with van der Waals surface area (Å²) >= 11 is 0. The van der Waals surface area contributed by atoms with Crippen molar-refractivity contribution in [1.82, 2.24) is 24.9 Å². The molecule has 0 amide bonds. The molecule has 0 saturated carbocycles. The van der Waals surface area contributed by atoms with Crippen molar-refractivity contribution in [2.75, 3.05) is 5.32 Å². The van der Waals surface area contributed by atoms with E-state index in [9.17, 15) is 0 Å². The Balaban J connectivity index is 1.71. The Kier molecular flexibility index (Phi) is 2.64. The number of imidazole rings is 1. The highest BCUT2D eigenvalue weighted by atomic mass is 15.0. The molecule has 0 saturated heterocycles. The zero-order chi connectivity index (χ0) is 14.1. The molecule has 0 aliphatic heterocycles. The second kappa shape index (κ2) is 4.75. The summed E-state index contributed by atoms with van der Waals surface area (Å²) in [5.74, 6) is 1.62. The first-order valence-corrected chi connectivity index (χ1v) is 6.55. The quantitative estimate of drug-likeness (QED) is 0.537. The molecule has 3 N–H and O–H groups in total. The van der Waals surface area contributed by atoms with E-state index in [2.05, 4.69) is 30.2 Å². The predicted octanol–water partition coefficient (Wildman–Crippen LogP) is 3.09. The number of hydrogen-bond donors (Lipinski definition) is 3. The van der Waals surface area contributed by atoms with E-state index in [1.54, 1.807) is 6.20 Å². The summed E-state index contributed by atoms with van der Waals surface area (Å²) < 4.78 is 0. The molecular formula is C15H12N6. The van der Waals surface area contributed by atoms with E-state index in [0.717, 1.165) is 33.9 Å². The molecule has 4 aromatic rings. The average molecular weight is 276 g/mol. The fraction of sp³-hybridized carbons (Fsp3) is 0. The van der Waals surface area contributed by atoms with E-state index in [0.29, 0.717) is 0 Å². The molecule has 0 bridgehead atoms. The van der Waals surface area contributed by atoms with Crippen molar-refractivity contribution in [2.24, 2.45) is 0 Å². The van der Waals surface area contributed by atoms with Crippen LogP contribution in [-0.4, -0.2) is 24.9 Å². The van der Waals surface area contributed by atoms with Crippen molar-refractivity contribution >= 4 is 22.5 Å². The van der Waals surface area contributed by atoms with E-state index < -0.39 is 0 Å². The minimum absolute atomic E-state index is 0.776. The highest BCUT2D eigenvalue weighted by Gasteiger charge is 2.06. The number of anilines is 2. The first kappa shape index (κ1) is 11.7. The molecule has 4 rings (SSSR count). The third-order valence-corrected chi connectivity index (χ3v) is 3.25. The van der Waals surface area contributed by atoms with Crippen LogP contribution in [0.5, 0.6) is 0 Å². The molecule has 0 spiro atoms. The summed E-state index contributed by atoms with van der Waals surface area (Å²) in [6.45, 7) is 0. The van der Waals surface area contributed by atoms with E-state index in [1.807, 2.05) is 42.7 Å². The lowest BCUT2D eigenvalue weighted by molar-refractivity contribution is 1.20. The molecule has 0 unspecified atom stereocenters. The van der Waals surface area contributed by atoms with Gasteiger partial charge in [-0.25, -0.2) is 15.0 Å². The molecule has 21 heavy (non-hydrogen) atoms. The molecule has 3 heterocycles. The van der Waals surface area contributed by atoms with Crippen LogP contribution in [0, 0.1) is 0 Å². The van der Waals surface area contributed by atoms with Crippen molar-refractivity contribution in [1.29, 1.82) is 0 Å². The third-order valence-electron chi connectivity index (χ3n) is 3.25. The van der Waals surface area contributed by atoms with Crippen molar-refractivity contribution in [2.45, 2.75) is 0 Å². The molecule has 6 heteroatoms. The molecule has 0 aliphatic rings. The fourth-order valence-corrected chi connectivity index (χ4v) is 2.28. The number of hydrogen-bond acceptors (Lipinski definition) is 4. The molecule has 3 aromatic heterocycles. The summed E-state index contributed by atoms with van der Waals surface area (Å²) in [6, 6.07) is 9.96. The van der Waals surface area contributed by atoms with Crippen LogP contribution in [0.2, 0.25) is 0 Å². The van der Waals surface area contributed by atoms with Gasteiger partial charge in [-0.2, -0.15) is 0 Å². The lowest BCUT2D eigenvalue weighted by Gasteiger charge is -2.07. The SMILES string of the molecule is c1cc(Nc2ncnc3[nH]ccc23)cc(-c2ncc[nH]2)c1. The van der Waals surface area contributed by atoms with Gasteiger partial charge in [0.05, 0.1) is 5.39 Å². The van der Waals surface area contributed by atoms with E-state index >= 15 is 0 Å². The van der Waals surface area contributed by atoms with Gasteiger partial charge in [0.25, 0.3) is 0 Å². The van der Waals surface area contributed by atoms with Crippen molar-refractivity contribution in [3.63, 3.8) is 0 Å². The number of fused-ring (bicyclic) bond motifs is 1. The fourth-order valence-electron chi connectivity index (χ4n) is 2.28. The van der Waals surface area contributed by atoms with Crippen LogP contribution in [-0.2, 0) is 0 Å². The minimum Gasteiger partial charge on any atom is -0.346 e. The van der Waals surface area contributed by atoms with Crippen molar-refractivity contribution in [3.05, 3.63) is 55.2 Å². The Labute approximate surface area is 120 Å². The molecule has 102 valence electrons. The maximum absolute atomic E-state index is 4.30. The number of nitrogens with zero attached hydrogens (tertiary/aromatic N) is 3. The number of benzene rings is 1. The van der Waals surface area contributed by atoms with Gasteiger partial charge < -0.3 is 15.3 Å². The molecule has 0 aliphatic carbocycles. The van der Waals surface area contributed by atoms with Gasteiger partial charge in [-0.3, -0.25) is 0 Å². The summed E-state index contributed by atoms with van der Waals surface area (Å²) in [7, 11) is 0. The molecule has 1 aromatic carbocycles. The van der Waals surface area contributed by atoms with Gasteiger partial charge in [0, 0.05) is 29.8 Å². The van der Waals surface area contributed by atoms with Gasteiger partial charge in [-0.05, 0) is 18.2 Å².